The van der Waals surface area contributed by atoms with Gasteiger partial charge in [-0.3, -0.25) is 19.7 Å². The van der Waals surface area contributed by atoms with E-state index in [-0.39, 0.29) is 18.6 Å². The maximum atomic E-state index is 11.9. The molecule has 1 N–H and O–H groups in total. The van der Waals surface area contributed by atoms with E-state index in [2.05, 4.69) is 24.0 Å². The lowest BCUT2D eigenvalue weighted by Gasteiger charge is -2.10. The molecule has 2 amide bonds. The van der Waals surface area contributed by atoms with Crippen molar-refractivity contribution in [2.24, 2.45) is 0 Å². The fourth-order valence-electron chi connectivity index (χ4n) is 3.35. The Hall–Kier alpha value is -2.69. The minimum atomic E-state index is -0.524. The second-order valence-electron chi connectivity index (χ2n) is 7.53. The molecule has 1 aromatic rings. The van der Waals surface area contributed by atoms with Gasteiger partial charge in [0, 0.05) is 11.6 Å². The Morgan fingerprint density at radius 2 is 1.83 bits per heavy atom. The van der Waals surface area contributed by atoms with E-state index in [0.717, 1.165) is 30.0 Å². The lowest BCUT2D eigenvalue weighted by Crippen LogP contribution is -2.23. The van der Waals surface area contributed by atoms with Crippen molar-refractivity contribution in [1.82, 2.24) is 5.32 Å². The summed E-state index contributed by atoms with van der Waals surface area (Å²) in [4.78, 5) is 34.5. The summed E-state index contributed by atoms with van der Waals surface area (Å²) in [5.41, 5.74) is 3.49. The second-order valence-corrected chi connectivity index (χ2v) is 7.53. The average Bonchev–Trinajstić information content (AvgIpc) is 3.00. The van der Waals surface area contributed by atoms with Gasteiger partial charge in [-0.1, -0.05) is 50.0 Å². The number of allylic oxidation sites excluding steroid dienone is 1. The Balaban J connectivity index is 1.68. The first-order valence-electron chi connectivity index (χ1n) is 10.4. The summed E-state index contributed by atoms with van der Waals surface area (Å²) in [5, 5.41) is 2.12. The average molecular weight is 398 g/mol. The molecule has 29 heavy (non-hydrogen) atoms. The van der Waals surface area contributed by atoms with Crippen LogP contribution in [0.25, 0.3) is 0 Å². The number of benzene rings is 1. The molecule has 1 aromatic carbocycles. The minimum absolute atomic E-state index is 0.146. The number of carbonyl (C=O) groups excluding carboxylic acids is 3. The summed E-state index contributed by atoms with van der Waals surface area (Å²) in [5.74, 6) is -1.53. The minimum Gasteiger partial charge on any atom is -0.461 e. The number of rotatable bonds is 13. The number of hydrogen-bond acceptors (Lipinski definition) is 4. The molecule has 1 aliphatic heterocycles. The highest BCUT2D eigenvalue weighted by molar-refractivity contribution is 6.17. The highest BCUT2D eigenvalue weighted by Crippen LogP contribution is 2.17. The zero-order valence-electron chi connectivity index (χ0n) is 17.3. The Labute approximate surface area is 173 Å². The van der Waals surface area contributed by atoms with Gasteiger partial charge < -0.3 is 4.74 Å². The maximum Gasteiger partial charge on any atom is 0.310 e. The number of hydrogen-bond donors (Lipinski definition) is 1. The first kappa shape index (κ1) is 22.6. The van der Waals surface area contributed by atoms with E-state index in [0.29, 0.717) is 0 Å². The normalized spacial score (nSPS) is 13.2. The lowest BCUT2D eigenvalue weighted by molar-refractivity contribution is -0.144. The van der Waals surface area contributed by atoms with Crippen LogP contribution in [-0.4, -0.2) is 17.8 Å². The van der Waals surface area contributed by atoms with Crippen molar-refractivity contribution in [3.05, 3.63) is 59.2 Å². The molecule has 1 heterocycles. The van der Waals surface area contributed by atoms with E-state index in [1.165, 1.54) is 44.1 Å². The largest absolute Gasteiger partial charge is 0.461 e. The number of ether oxygens (including phenoxy) is 1. The van der Waals surface area contributed by atoms with Gasteiger partial charge in [-0.15, -0.1) is 6.58 Å². The van der Waals surface area contributed by atoms with Crippen LogP contribution in [-0.2, 0) is 32.1 Å². The Kier molecular flexibility index (Phi) is 9.35. The molecule has 0 saturated heterocycles. The van der Waals surface area contributed by atoms with Crippen molar-refractivity contribution < 1.29 is 19.1 Å². The number of unbranched alkanes of at least 4 members (excludes halogenated alkanes) is 6. The van der Waals surface area contributed by atoms with E-state index in [1.54, 1.807) is 0 Å². The predicted octanol–water partition coefficient (Wildman–Crippen LogP) is 4.47. The molecule has 0 spiro atoms. The van der Waals surface area contributed by atoms with Crippen molar-refractivity contribution in [1.29, 1.82) is 0 Å². The smallest absolute Gasteiger partial charge is 0.310 e. The van der Waals surface area contributed by atoms with Crippen molar-refractivity contribution in [3.8, 4) is 0 Å². The van der Waals surface area contributed by atoms with Crippen LogP contribution in [0, 0.1) is 6.92 Å². The number of aryl methyl sites for hydroxylation is 2. The van der Waals surface area contributed by atoms with Crippen molar-refractivity contribution in [3.63, 3.8) is 0 Å². The molecule has 2 rings (SSSR count). The summed E-state index contributed by atoms with van der Waals surface area (Å²) in [6.07, 6.45) is 12.7. The summed E-state index contributed by atoms with van der Waals surface area (Å²) < 4.78 is 5.27. The Morgan fingerprint density at radius 1 is 1.10 bits per heavy atom. The van der Waals surface area contributed by atoms with Gasteiger partial charge in [0.1, 0.15) is 6.61 Å². The number of nitrogens with one attached hydrogen (secondary N) is 1. The molecule has 5 heteroatoms. The second kappa shape index (κ2) is 12.0. The fraction of sp³-hybridized carbons (Fsp3) is 0.458. The molecule has 0 saturated carbocycles. The van der Waals surface area contributed by atoms with Gasteiger partial charge >= 0.3 is 5.97 Å². The van der Waals surface area contributed by atoms with E-state index in [9.17, 15) is 14.4 Å². The van der Waals surface area contributed by atoms with Crippen LogP contribution in [0.2, 0.25) is 0 Å². The maximum absolute atomic E-state index is 11.9. The molecule has 0 bridgehead atoms. The highest BCUT2D eigenvalue weighted by Gasteiger charge is 2.23. The van der Waals surface area contributed by atoms with Gasteiger partial charge in [-0.05, 0) is 49.3 Å². The lowest BCUT2D eigenvalue weighted by atomic mass is 10.0. The van der Waals surface area contributed by atoms with Gasteiger partial charge in [0.25, 0.3) is 11.8 Å². The zero-order valence-corrected chi connectivity index (χ0v) is 17.3. The molecule has 0 radical (unpaired) electrons. The van der Waals surface area contributed by atoms with E-state index in [4.69, 9.17) is 4.74 Å². The molecule has 0 aromatic heterocycles. The van der Waals surface area contributed by atoms with Crippen LogP contribution >= 0.6 is 0 Å². The van der Waals surface area contributed by atoms with Gasteiger partial charge in [0.2, 0.25) is 0 Å². The van der Waals surface area contributed by atoms with Gasteiger partial charge in [-0.25, -0.2) is 0 Å². The third-order valence-electron chi connectivity index (χ3n) is 5.09. The summed E-state index contributed by atoms with van der Waals surface area (Å²) in [7, 11) is 0. The molecule has 0 unspecified atom stereocenters. The van der Waals surface area contributed by atoms with Crippen LogP contribution < -0.4 is 5.32 Å². The Bertz CT molecular complexity index is 779. The molecule has 0 aliphatic carbocycles. The van der Waals surface area contributed by atoms with Crippen LogP contribution in [0.5, 0.6) is 0 Å². The van der Waals surface area contributed by atoms with E-state index >= 15 is 0 Å². The van der Waals surface area contributed by atoms with E-state index < -0.39 is 17.8 Å². The Morgan fingerprint density at radius 3 is 2.48 bits per heavy atom. The number of imide groups is 1. The summed E-state index contributed by atoms with van der Waals surface area (Å²) >= 11 is 0. The summed E-state index contributed by atoms with van der Waals surface area (Å²) in [6.45, 7) is 5.93. The first-order valence-corrected chi connectivity index (χ1v) is 10.4. The van der Waals surface area contributed by atoms with E-state index in [1.807, 2.05) is 19.1 Å². The molecular formula is C24H31NO4. The monoisotopic (exact) mass is 397 g/mol. The molecular weight excluding hydrogens is 366 g/mol. The van der Waals surface area contributed by atoms with Crippen molar-refractivity contribution >= 4 is 17.8 Å². The number of amides is 2. The van der Waals surface area contributed by atoms with Gasteiger partial charge in [-0.2, -0.15) is 0 Å². The zero-order chi connectivity index (χ0) is 21.1. The van der Waals surface area contributed by atoms with Crippen molar-refractivity contribution in [2.45, 2.75) is 71.3 Å². The summed E-state index contributed by atoms with van der Waals surface area (Å²) in [6, 6.07) is 6.24. The molecule has 156 valence electrons. The quantitative estimate of drug-likeness (QED) is 0.231. The highest BCUT2D eigenvalue weighted by atomic mass is 16.5. The number of esters is 1. The van der Waals surface area contributed by atoms with Gasteiger partial charge in [0.05, 0.1) is 6.42 Å². The molecule has 1 aliphatic rings. The van der Waals surface area contributed by atoms with Crippen LogP contribution in [0.15, 0.2) is 42.5 Å². The first-order chi connectivity index (χ1) is 14.0. The van der Waals surface area contributed by atoms with Crippen LogP contribution in [0.4, 0.5) is 0 Å². The molecule has 0 fully saturated rings. The third-order valence-corrected chi connectivity index (χ3v) is 5.09. The predicted molar refractivity (Wildman–Crippen MR) is 113 cm³/mol. The van der Waals surface area contributed by atoms with Crippen LogP contribution in [0.1, 0.15) is 68.1 Å². The van der Waals surface area contributed by atoms with Crippen molar-refractivity contribution in [2.75, 3.05) is 0 Å². The standard InChI is InChI=1S/C24H31NO4/c1-3-4-5-6-7-8-9-10-11-19-12-13-20(18(2)14-19)17-29-23(27)16-21-15-22(26)25-24(21)28/h3,12-15H,1,4-11,16-17H2,2H3,(H,25,26,28). The molecule has 0 atom stereocenters. The third kappa shape index (κ3) is 8.06. The SMILES string of the molecule is C=CCCCCCCCCc1ccc(COC(=O)CC2=CC(=O)NC2=O)c(C)c1. The molecule has 5 nitrogen and oxygen atoms in total. The fourth-order valence-corrected chi connectivity index (χ4v) is 3.35. The van der Waals surface area contributed by atoms with Gasteiger partial charge in [0.15, 0.2) is 0 Å². The topological polar surface area (TPSA) is 72.5 Å². The number of carbonyl (C=O) groups is 3. The van der Waals surface area contributed by atoms with Crippen LogP contribution in [0.3, 0.4) is 0 Å².